The summed E-state index contributed by atoms with van der Waals surface area (Å²) < 4.78 is 10.9. The van der Waals surface area contributed by atoms with Crippen molar-refractivity contribution in [1.82, 2.24) is 0 Å². The third-order valence-electron chi connectivity index (χ3n) is 3.46. The lowest BCUT2D eigenvalue weighted by molar-refractivity contribution is -0.0475. The van der Waals surface area contributed by atoms with E-state index in [1.807, 2.05) is 13.0 Å². The maximum Gasteiger partial charge on any atom is 0.0853 e. The minimum atomic E-state index is -0.490. The summed E-state index contributed by atoms with van der Waals surface area (Å²) in [5, 5.41) is 9.99. The first-order chi connectivity index (χ1) is 8.22. The van der Waals surface area contributed by atoms with Gasteiger partial charge in [-0.2, -0.15) is 0 Å². The molecule has 0 aromatic heterocycles. The summed E-state index contributed by atoms with van der Waals surface area (Å²) in [6.07, 6.45) is 0.894. The number of hydrogen-bond acceptors (Lipinski definition) is 3. The Labute approximate surface area is 102 Å². The number of ether oxygens (including phenoxy) is 2. The lowest BCUT2D eigenvalue weighted by Crippen LogP contribution is -2.29. The van der Waals surface area contributed by atoms with Gasteiger partial charge in [-0.15, -0.1) is 0 Å². The standard InChI is InChI=1S/C14H20O3/c1-10(16-2)13(15)9-14-12-6-4-3-5-11(12)7-8-17-14/h3-6,10,13-15H,7-9H2,1-2H3. The Bertz CT molecular complexity index is 364. The highest BCUT2D eigenvalue weighted by Gasteiger charge is 2.25. The van der Waals surface area contributed by atoms with Crippen molar-refractivity contribution in [3.63, 3.8) is 0 Å². The zero-order valence-corrected chi connectivity index (χ0v) is 10.4. The molecule has 0 amide bonds. The highest BCUT2D eigenvalue weighted by molar-refractivity contribution is 5.30. The molecule has 1 aliphatic heterocycles. The zero-order chi connectivity index (χ0) is 12.3. The van der Waals surface area contributed by atoms with E-state index in [2.05, 4.69) is 18.2 Å². The van der Waals surface area contributed by atoms with Crippen molar-refractivity contribution in [3.8, 4) is 0 Å². The molecule has 3 nitrogen and oxygen atoms in total. The highest BCUT2D eigenvalue weighted by atomic mass is 16.5. The van der Waals surface area contributed by atoms with E-state index in [1.165, 1.54) is 11.1 Å². The monoisotopic (exact) mass is 236 g/mol. The van der Waals surface area contributed by atoms with Gasteiger partial charge in [0, 0.05) is 13.5 Å². The van der Waals surface area contributed by atoms with Crippen LogP contribution in [0.3, 0.4) is 0 Å². The third-order valence-corrected chi connectivity index (χ3v) is 3.46. The molecule has 3 unspecified atom stereocenters. The maximum absolute atomic E-state index is 9.99. The van der Waals surface area contributed by atoms with Gasteiger partial charge in [0.1, 0.15) is 0 Å². The molecule has 0 aliphatic carbocycles. The summed E-state index contributed by atoms with van der Waals surface area (Å²) in [6.45, 7) is 2.61. The maximum atomic E-state index is 9.99. The minimum Gasteiger partial charge on any atom is -0.390 e. The smallest absolute Gasteiger partial charge is 0.0853 e. The SMILES string of the molecule is COC(C)C(O)CC1OCCc2ccccc21. The Hall–Kier alpha value is -0.900. The van der Waals surface area contributed by atoms with Gasteiger partial charge in [0.2, 0.25) is 0 Å². The van der Waals surface area contributed by atoms with Gasteiger partial charge in [-0.1, -0.05) is 24.3 Å². The average molecular weight is 236 g/mol. The number of aliphatic hydroxyl groups excluding tert-OH is 1. The van der Waals surface area contributed by atoms with Crippen LogP contribution in [0.25, 0.3) is 0 Å². The van der Waals surface area contributed by atoms with E-state index in [0.717, 1.165) is 13.0 Å². The zero-order valence-electron chi connectivity index (χ0n) is 10.4. The molecule has 2 rings (SSSR count). The molecular weight excluding hydrogens is 216 g/mol. The molecule has 0 radical (unpaired) electrons. The van der Waals surface area contributed by atoms with Crippen LogP contribution in [-0.4, -0.2) is 31.0 Å². The second-order valence-electron chi connectivity index (χ2n) is 4.55. The number of fused-ring (bicyclic) bond motifs is 1. The topological polar surface area (TPSA) is 38.7 Å². The molecule has 94 valence electrons. The molecule has 0 saturated heterocycles. The molecule has 3 heteroatoms. The Morgan fingerprint density at radius 2 is 2.24 bits per heavy atom. The molecule has 0 saturated carbocycles. The van der Waals surface area contributed by atoms with Crippen molar-refractivity contribution in [2.24, 2.45) is 0 Å². The van der Waals surface area contributed by atoms with Crippen LogP contribution >= 0.6 is 0 Å². The van der Waals surface area contributed by atoms with Crippen molar-refractivity contribution < 1.29 is 14.6 Å². The minimum absolute atomic E-state index is 0.00690. The normalized spacial score (nSPS) is 22.9. The fourth-order valence-electron chi connectivity index (χ4n) is 2.24. The van der Waals surface area contributed by atoms with Crippen LogP contribution in [0.1, 0.15) is 30.6 Å². The first-order valence-electron chi connectivity index (χ1n) is 6.12. The molecule has 0 bridgehead atoms. The molecule has 0 spiro atoms. The lowest BCUT2D eigenvalue weighted by Gasteiger charge is -2.29. The van der Waals surface area contributed by atoms with E-state index in [9.17, 15) is 5.11 Å². The van der Waals surface area contributed by atoms with Crippen molar-refractivity contribution in [1.29, 1.82) is 0 Å². The number of rotatable bonds is 4. The van der Waals surface area contributed by atoms with Gasteiger partial charge in [-0.25, -0.2) is 0 Å². The summed E-state index contributed by atoms with van der Waals surface area (Å²) in [4.78, 5) is 0. The number of hydrogen-bond donors (Lipinski definition) is 1. The first kappa shape index (κ1) is 12.6. The van der Waals surface area contributed by atoms with Crippen LogP contribution < -0.4 is 0 Å². The van der Waals surface area contributed by atoms with E-state index >= 15 is 0 Å². The van der Waals surface area contributed by atoms with Gasteiger partial charge >= 0.3 is 0 Å². The van der Waals surface area contributed by atoms with Gasteiger partial charge in [0.15, 0.2) is 0 Å². The van der Waals surface area contributed by atoms with Crippen molar-refractivity contribution >= 4 is 0 Å². The van der Waals surface area contributed by atoms with E-state index in [4.69, 9.17) is 9.47 Å². The van der Waals surface area contributed by atoms with Crippen LogP contribution in [0.2, 0.25) is 0 Å². The van der Waals surface area contributed by atoms with Gasteiger partial charge in [-0.3, -0.25) is 0 Å². The number of methoxy groups -OCH3 is 1. The summed E-state index contributed by atoms with van der Waals surface area (Å²) >= 11 is 0. The predicted octanol–water partition coefficient (Wildman–Crippen LogP) is 2.09. The summed E-state index contributed by atoms with van der Waals surface area (Å²) in [6, 6.07) is 8.29. The van der Waals surface area contributed by atoms with Crippen LogP contribution in [0, 0.1) is 0 Å². The Morgan fingerprint density at radius 1 is 1.47 bits per heavy atom. The van der Waals surface area contributed by atoms with Crippen LogP contribution in [0.15, 0.2) is 24.3 Å². The number of aliphatic hydroxyl groups is 1. The highest BCUT2D eigenvalue weighted by Crippen LogP contribution is 2.31. The van der Waals surface area contributed by atoms with Gasteiger partial charge < -0.3 is 14.6 Å². The molecule has 1 aromatic carbocycles. The molecule has 17 heavy (non-hydrogen) atoms. The van der Waals surface area contributed by atoms with E-state index in [-0.39, 0.29) is 12.2 Å². The summed E-state index contributed by atoms with van der Waals surface area (Å²) in [5.41, 5.74) is 2.54. The Kier molecular flexibility index (Phi) is 4.15. The largest absolute Gasteiger partial charge is 0.390 e. The molecule has 1 aliphatic rings. The van der Waals surface area contributed by atoms with E-state index in [0.29, 0.717) is 6.42 Å². The van der Waals surface area contributed by atoms with Gasteiger partial charge in [-0.05, 0) is 24.5 Å². The lowest BCUT2D eigenvalue weighted by atomic mass is 9.93. The second kappa shape index (κ2) is 5.63. The summed E-state index contributed by atoms with van der Waals surface area (Å²) in [5.74, 6) is 0. The summed E-state index contributed by atoms with van der Waals surface area (Å²) in [7, 11) is 1.61. The van der Waals surface area contributed by atoms with E-state index in [1.54, 1.807) is 7.11 Å². The van der Waals surface area contributed by atoms with E-state index < -0.39 is 6.10 Å². The number of benzene rings is 1. The van der Waals surface area contributed by atoms with Crippen LogP contribution in [0.4, 0.5) is 0 Å². The molecule has 1 N–H and O–H groups in total. The molecule has 0 fully saturated rings. The van der Waals surface area contributed by atoms with Crippen LogP contribution in [0.5, 0.6) is 0 Å². The molecule has 3 atom stereocenters. The Balaban J connectivity index is 2.08. The quantitative estimate of drug-likeness (QED) is 0.870. The molecule has 1 aromatic rings. The van der Waals surface area contributed by atoms with Gasteiger partial charge in [0.25, 0.3) is 0 Å². The van der Waals surface area contributed by atoms with Crippen LogP contribution in [-0.2, 0) is 15.9 Å². The Morgan fingerprint density at radius 3 is 3.00 bits per heavy atom. The first-order valence-corrected chi connectivity index (χ1v) is 6.12. The fraction of sp³-hybridized carbons (Fsp3) is 0.571. The second-order valence-corrected chi connectivity index (χ2v) is 4.55. The third kappa shape index (κ3) is 2.86. The fourth-order valence-corrected chi connectivity index (χ4v) is 2.24. The predicted molar refractivity (Wildman–Crippen MR) is 65.9 cm³/mol. The van der Waals surface area contributed by atoms with Gasteiger partial charge in [0.05, 0.1) is 24.9 Å². The molecule has 1 heterocycles. The average Bonchev–Trinajstić information content (AvgIpc) is 2.38. The van der Waals surface area contributed by atoms with Crippen molar-refractivity contribution in [2.45, 2.75) is 38.1 Å². The van der Waals surface area contributed by atoms with Crippen molar-refractivity contribution in [3.05, 3.63) is 35.4 Å². The van der Waals surface area contributed by atoms with Crippen molar-refractivity contribution in [2.75, 3.05) is 13.7 Å². The molecular formula is C14H20O3.